The molecule has 2 N–H and O–H groups in total. The van der Waals surface area contributed by atoms with E-state index >= 15 is 0 Å². The van der Waals surface area contributed by atoms with E-state index in [9.17, 15) is 40.6 Å². The van der Waals surface area contributed by atoms with Crippen LogP contribution in [0, 0.1) is 17.3 Å². The van der Waals surface area contributed by atoms with E-state index < -0.39 is 40.5 Å². The lowest BCUT2D eigenvalue weighted by Crippen LogP contribution is -2.47. The molecule has 6 atom stereocenters. The maximum Gasteiger partial charge on any atom is 0.453 e. The van der Waals surface area contributed by atoms with Gasteiger partial charge in [-0.1, -0.05) is 25.1 Å². The summed E-state index contributed by atoms with van der Waals surface area (Å²) < 4.78 is 92.8. The summed E-state index contributed by atoms with van der Waals surface area (Å²) in [7, 11) is -3.72. The number of aryl methyl sites for hydroxylation is 1. The normalized spacial score (nSPS) is 28.3. The van der Waals surface area contributed by atoms with Crippen LogP contribution in [-0.2, 0) is 16.3 Å². The SMILES string of the molecule is C[C@@]12C[C@@H](c3ccc(OCCCCCS(=O)(=O)CCCC(F)(F)C(F)(F)F)cc3)[C@@H]3c4ccc(O)cc4CC[C@H]3[C@@H]1CC[C@@H]2O. The molecule has 5 rings (SSSR count). The minimum Gasteiger partial charge on any atom is -0.508 e. The number of sulfone groups is 1. The summed E-state index contributed by atoms with van der Waals surface area (Å²) in [6, 6.07) is 13.8. The number of ether oxygens (including phenoxy) is 1. The standard InChI is InChI=1S/C34H43F5O5S/c1-32-21-28(31-26-13-9-24(40)20-23(26)8-12-27(31)29(32)14-15-30(32)41)22-6-10-25(11-7-22)44-17-3-2-4-18-45(42,43)19-5-16-33(35,36)34(37,38)39/h6-7,9-11,13,20,27-31,40-41H,2-5,8,12,14-19,21H2,1H3/t27-,28-,29-,30-,31+,32+/m0/s1. The van der Waals surface area contributed by atoms with Crippen LogP contribution < -0.4 is 4.74 Å². The summed E-state index contributed by atoms with van der Waals surface area (Å²) in [5, 5.41) is 21.2. The summed E-state index contributed by atoms with van der Waals surface area (Å²) in [6.45, 7) is 2.61. The molecule has 5 nitrogen and oxygen atoms in total. The van der Waals surface area contributed by atoms with Gasteiger partial charge in [0.25, 0.3) is 0 Å². The van der Waals surface area contributed by atoms with Crippen LogP contribution in [0.4, 0.5) is 22.0 Å². The number of fused-ring (bicyclic) bond motifs is 5. The largest absolute Gasteiger partial charge is 0.508 e. The third-order valence-electron chi connectivity index (χ3n) is 10.7. The van der Waals surface area contributed by atoms with Gasteiger partial charge in [-0.15, -0.1) is 0 Å². The molecule has 0 radical (unpaired) electrons. The minimum atomic E-state index is -5.68. The Morgan fingerprint density at radius 2 is 1.64 bits per heavy atom. The van der Waals surface area contributed by atoms with Gasteiger partial charge >= 0.3 is 12.1 Å². The number of aliphatic hydroxyl groups is 1. The van der Waals surface area contributed by atoms with Crippen molar-refractivity contribution in [2.45, 2.75) is 101 Å². The molecular weight excluding hydrogens is 615 g/mol. The van der Waals surface area contributed by atoms with Gasteiger partial charge in [-0.25, -0.2) is 8.42 Å². The smallest absolute Gasteiger partial charge is 0.453 e. The highest BCUT2D eigenvalue weighted by Gasteiger charge is 2.58. The summed E-state index contributed by atoms with van der Waals surface area (Å²) in [5.41, 5.74) is 3.56. The van der Waals surface area contributed by atoms with Gasteiger partial charge in [-0.2, -0.15) is 22.0 Å². The summed E-state index contributed by atoms with van der Waals surface area (Å²) in [5.74, 6) is -3.43. The van der Waals surface area contributed by atoms with Crippen molar-refractivity contribution < 1.29 is 45.3 Å². The monoisotopic (exact) mass is 658 g/mol. The first-order valence-electron chi connectivity index (χ1n) is 16.0. The summed E-state index contributed by atoms with van der Waals surface area (Å²) >= 11 is 0. The van der Waals surface area contributed by atoms with Crippen LogP contribution in [0.2, 0.25) is 0 Å². The van der Waals surface area contributed by atoms with E-state index in [2.05, 4.69) is 25.1 Å². The predicted octanol–water partition coefficient (Wildman–Crippen LogP) is 7.94. The van der Waals surface area contributed by atoms with Crippen molar-refractivity contribution in [3.05, 3.63) is 59.2 Å². The van der Waals surface area contributed by atoms with Crippen LogP contribution >= 0.6 is 0 Å². The van der Waals surface area contributed by atoms with Crippen molar-refractivity contribution in [3.63, 3.8) is 0 Å². The molecule has 2 fully saturated rings. The first-order valence-corrected chi connectivity index (χ1v) is 17.8. The molecule has 0 aliphatic heterocycles. The number of rotatable bonds is 12. The number of unbranched alkanes of at least 4 members (excludes halogenated alkanes) is 2. The van der Waals surface area contributed by atoms with Crippen LogP contribution in [0.15, 0.2) is 42.5 Å². The Balaban J connectivity index is 1.14. The van der Waals surface area contributed by atoms with Crippen LogP contribution in [-0.4, -0.2) is 54.9 Å². The van der Waals surface area contributed by atoms with E-state index in [0.29, 0.717) is 43.0 Å². The molecule has 11 heteroatoms. The highest BCUT2D eigenvalue weighted by Crippen LogP contribution is 2.65. The second-order valence-corrected chi connectivity index (χ2v) is 15.9. The first kappa shape index (κ1) is 33.9. The zero-order chi connectivity index (χ0) is 32.6. The Kier molecular flexibility index (Phi) is 9.81. The van der Waals surface area contributed by atoms with Gasteiger partial charge in [0.2, 0.25) is 0 Å². The van der Waals surface area contributed by atoms with Gasteiger partial charge in [0, 0.05) is 6.42 Å². The Hall–Kier alpha value is -2.40. The highest BCUT2D eigenvalue weighted by atomic mass is 32.2. The number of aliphatic hydroxyl groups excluding tert-OH is 1. The molecule has 250 valence electrons. The van der Waals surface area contributed by atoms with E-state index in [4.69, 9.17) is 4.74 Å². The minimum absolute atomic E-state index is 0.142. The van der Waals surface area contributed by atoms with E-state index in [1.54, 1.807) is 6.07 Å². The van der Waals surface area contributed by atoms with Crippen molar-refractivity contribution in [2.75, 3.05) is 18.1 Å². The molecule has 3 aliphatic rings. The van der Waals surface area contributed by atoms with Crippen molar-refractivity contribution in [1.82, 2.24) is 0 Å². The Bertz CT molecular complexity index is 1430. The third kappa shape index (κ3) is 7.29. The van der Waals surface area contributed by atoms with E-state index in [1.165, 1.54) is 16.7 Å². The van der Waals surface area contributed by atoms with Gasteiger partial charge in [0.15, 0.2) is 0 Å². The molecule has 0 amide bonds. The van der Waals surface area contributed by atoms with Gasteiger partial charge in [-0.3, -0.25) is 0 Å². The first-order chi connectivity index (χ1) is 21.1. The number of phenolic OH excluding ortho intramolecular Hbond substituents is 1. The van der Waals surface area contributed by atoms with Gasteiger partial charge < -0.3 is 14.9 Å². The van der Waals surface area contributed by atoms with Crippen molar-refractivity contribution in [1.29, 1.82) is 0 Å². The van der Waals surface area contributed by atoms with Gasteiger partial charge in [0.05, 0.1) is 24.2 Å². The molecule has 0 spiro atoms. The lowest BCUT2D eigenvalue weighted by molar-refractivity contribution is -0.284. The third-order valence-corrected chi connectivity index (χ3v) is 12.5. The molecule has 0 bridgehead atoms. The fraction of sp³-hybridized carbons (Fsp3) is 0.647. The Labute approximate surface area is 262 Å². The molecular formula is C34H43F5O5S. The van der Waals surface area contributed by atoms with E-state index in [1.807, 2.05) is 18.2 Å². The summed E-state index contributed by atoms with van der Waals surface area (Å²) in [6.07, 6.45) is -2.19. The second-order valence-electron chi connectivity index (χ2n) is 13.6. The predicted molar refractivity (Wildman–Crippen MR) is 162 cm³/mol. The van der Waals surface area contributed by atoms with Gasteiger partial charge in [-0.05, 0) is 128 Å². The number of aromatic hydroxyl groups is 1. The number of halogens is 5. The van der Waals surface area contributed by atoms with Gasteiger partial charge in [0.1, 0.15) is 21.3 Å². The molecule has 2 saturated carbocycles. The van der Waals surface area contributed by atoms with E-state index in [-0.39, 0.29) is 35.4 Å². The van der Waals surface area contributed by atoms with Crippen molar-refractivity contribution >= 4 is 9.84 Å². The molecule has 0 heterocycles. The second kappa shape index (κ2) is 13.0. The highest BCUT2D eigenvalue weighted by molar-refractivity contribution is 7.91. The molecule has 0 saturated heterocycles. The van der Waals surface area contributed by atoms with Crippen LogP contribution in [0.3, 0.4) is 0 Å². The fourth-order valence-electron chi connectivity index (χ4n) is 8.35. The fourth-order valence-corrected chi connectivity index (χ4v) is 9.79. The zero-order valence-electron chi connectivity index (χ0n) is 25.5. The number of benzene rings is 2. The number of alkyl halides is 5. The maximum atomic E-state index is 13.0. The maximum absolute atomic E-state index is 13.0. The van der Waals surface area contributed by atoms with Crippen molar-refractivity contribution in [3.8, 4) is 11.5 Å². The lowest BCUT2D eigenvalue weighted by Gasteiger charge is -2.54. The van der Waals surface area contributed by atoms with Crippen molar-refractivity contribution in [2.24, 2.45) is 17.3 Å². The van der Waals surface area contributed by atoms with Crippen LogP contribution in [0.1, 0.15) is 93.2 Å². The zero-order valence-corrected chi connectivity index (χ0v) is 26.4. The molecule has 0 aromatic heterocycles. The molecule has 45 heavy (non-hydrogen) atoms. The van der Waals surface area contributed by atoms with Crippen LogP contribution in [0.25, 0.3) is 0 Å². The quantitative estimate of drug-likeness (QED) is 0.179. The summed E-state index contributed by atoms with van der Waals surface area (Å²) in [4.78, 5) is 0. The molecule has 2 aromatic carbocycles. The average Bonchev–Trinajstić information content (AvgIpc) is 3.27. The topological polar surface area (TPSA) is 83.8 Å². The van der Waals surface area contributed by atoms with Crippen LogP contribution in [0.5, 0.6) is 11.5 Å². The van der Waals surface area contributed by atoms with E-state index in [0.717, 1.165) is 32.1 Å². The lowest BCUT2D eigenvalue weighted by atomic mass is 9.51. The molecule has 0 unspecified atom stereocenters. The average molecular weight is 659 g/mol. The molecule has 3 aliphatic carbocycles. The molecule has 2 aromatic rings. The Morgan fingerprint density at radius 3 is 2.36 bits per heavy atom. The number of hydrogen-bond donors (Lipinski definition) is 2. The number of hydrogen-bond acceptors (Lipinski definition) is 5. The number of phenols is 1. The Morgan fingerprint density at radius 1 is 0.933 bits per heavy atom.